The van der Waals surface area contributed by atoms with Gasteiger partial charge in [-0.05, 0) is 12.8 Å². The lowest BCUT2D eigenvalue weighted by atomic mass is 10.2. The Balaban J connectivity index is 2.03. The molecule has 1 unspecified atom stereocenters. The molecule has 0 radical (unpaired) electrons. The van der Waals surface area contributed by atoms with E-state index in [1.165, 1.54) is 25.7 Å². The van der Waals surface area contributed by atoms with Crippen LogP contribution in [-0.4, -0.2) is 48.1 Å². The topological polar surface area (TPSA) is 49.6 Å². The summed E-state index contributed by atoms with van der Waals surface area (Å²) in [5.74, 6) is 0. The van der Waals surface area contributed by atoms with Gasteiger partial charge in [-0.15, -0.1) is 0 Å². The smallest absolute Gasteiger partial charge is 0.320 e. The minimum atomic E-state index is 0.173. The molecule has 2 N–H and O–H groups in total. The zero-order valence-corrected chi connectivity index (χ0v) is 8.78. The van der Waals surface area contributed by atoms with E-state index in [0.717, 1.165) is 6.54 Å². The van der Waals surface area contributed by atoms with Gasteiger partial charge in [0.1, 0.15) is 0 Å². The van der Waals surface area contributed by atoms with E-state index in [0.29, 0.717) is 12.6 Å². The first kappa shape index (κ1) is 9.77. The summed E-state index contributed by atoms with van der Waals surface area (Å²) in [5, 5.41) is 0. The summed E-state index contributed by atoms with van der Waals surface area (Å²) in [5.41, 5.74) is 5.63. The zero-order chi connectivity index (χ0) is 10.1. The molecule has 14 heavy (non-hydrogen) atoms. The quantitative estimate of drug-likeness (QED) is 0.705. The van der Waals surface area contributed by atoms with Crippen LogP contribution in [0.3, 0.4) is 0 Å². The molecule has 1 aliphatic heterocycles. The van der Waals surface area contributed by atoms with Crippen molar-refractivity contribution in [1.82, 2.24) is 9.80 Å². The average molecular weight is 197 g/mol. The Hall–Kier alpha value is -0.770. The maximum Gasteiger partial charge on any atom is 0.320 e. The number of likely N-dealkylation sites (N-methyl/N-ethyl adjacent to an activating group) is 1. The number of nitrogens with zero attached hydrogens (tertiary/aromatic N) is 2. The van der Waals surface area contributed by atoms with Gasteiger partial charge in [-0.3, -0.25) is 0 Å². The minimum absolute atomic E-state index is 0.173. The summed E-state index contributed by atoms with van der Waals surface area (Å²) in [6.45, 7) is 1.40. The van der Waals surface area contributed by atoms with E-state index in [2.05, 4.69) is 0 Å². The van der Waals surface area contributed by atoms with E-state index in [-0.39, 0.29) is 12.1 Å². The highest BCUT2D eigenvalue weighted by Gasteiger charge is 2.38. The van der Waals surface area contributed by atoms with Crippen LogP contribution in [0.5, 0.6) is 0 Å². The molecule has 2 amide bonds. The number of nitrogens with two attached hydrogens (primary N) is 1. The lowest BCUT2D eigenvalue weighted by molar-refractivity contribution is 0.182. The predicted octanol–water partition coefficient (Wildman–Crippen LogP) is 0.624. The van der Waals surface area contributed by atoms with Gasteiger partial charge in [0.15, 0.2) is 0 Å². The standard InChI is InChI=1S/C10H19N3O/c1-12-9(6-11)7-13(10(12)14)8-4-2-3-5-8/h8-9H,2-7,11H2,1H3. The fourth-order valence-electron chi connectivity index (χ4n) is 2.54. The monoisotopic (exact) mass is 197 g/mol. The van der Waals surface area contributed by atoms with Crippen molar-refractivity contribution >= 4 is 6.03 Å². The van der Waals surface area contributed by atoms with Gasteiger partial charge in [-0.25, -0.2) is 4.79 Å². The van der Waals surface area contributed by atoms with Crippen LogP contribution in [0, 0.1) is 0 Å². The second-order valence-electron chi connectivity index (χ2n) is 4.37. The van der Waals surface area contributed by atoms with Gasteiger partial charge in [0.2, 0.25) is 0 Å². The molecule has 1 saturated heterocycles. The van der Waals surface area contributed by atoms with Gasteiger partial charge in [0.25, 0.3) is 0 Å². The van der Waals surface area contributed by atoms with E-state index in [9.17, 15) is 4.79 Å². The Kier molecular flexibility index (Phi) is 2.63. The Morgan fingerprint density at radius 3 is 2.57 bits per heavy atom. The lowest BCUT2D eigenvalue weighted by Gasteiger charge is -2.22. The summed E-state index contributed by atoms with van der Waals surface area (Å²) in [6, 6.07) is 0.886. The first-order valence-corrected chi connectivity index (χ1v) is 5.47. The fraction of sp³-hybridized carbons (Fsp3) is 0.900. The fourth-order valence-corrected chi connectivity index (χ4v) is 2.54. The van der Waals surface area contributed by atoms with Gasteiger partial charge in [0.05, 0.1) is 6.04 Å². The summed E-state index contributed by atoms with van der Waals surface area (Å²) in [4.78, 5) is 15.7. The van der Waals surface area contributed by atoms with Gasteiger partial charge in [-0.2, -0.15) is 0 Å². The SMILES string of the molecule is CN1C(=O)N(C2CCCC2)CC1CN. The number of urea groups is 1. The molecule has 1 saturated carbocycles. The minimum Gasteiger partial charge on any atom is -0.328 e. The molecule has 0 spiro atoms. The third kappa shape index (κ3) is 1.47. The summed E-state index contributed by atoms with van der Waals surface area (Å²) in [7, 11) is 1.86. The van der Waals surface area contributed by atoms with Crippen LogP contribution in [-0.2, 0) is 0 Å². The average Bonchev–Trinajstić information content (AvgIpc) is 2.78. The summed E-state index contributed by atoms with van der Waals surface area (Å²) < 4.78 is 0. The summed E-state index contributed by atoms with van der Waals surface area (Å²) >= 11 is 0. The van der Waals surface area contributed by atoms with Gasteiger partial charge in [-0.1, -0.05) is 12.8 Å². The molecule has 4 heteroatoms. The normalized spacial score (nSPS) is 29.3. The maximum absolute atomic E-state index is 11.9. The molecule has 4 nitrogen and oxygen atoms in total. The number of carbonyl (C=O) groups excluding carboxylic acids is 1. The number of carbonyl (C=O) groups is 1. The molecule has 0 bridgehead atoms. The van der Waals surface area contributed by atoms with Crippen molar-refractivity contribution in [3.8, 4) is 0 Å². The zero-order valence-electron chi connectivity index (χ0n) is 8.78. The van der Waals surface area contributed by atoms with Crippen LogP contribution in [0.15, 0.2) is 0 Å². The molecule has 2 aliphatic rings. The molecule has 0 aromatic carbocycles. The van der Waals surface area contributed by atoms with Crippen LogP contribution < -0.4 is 5.73 Å². The molecule has 80 valence electrons. The molecule has 1 atom stereocenters. The number of rotatable bonds is 2. The predicted molar refractivity (Wildman–Crippen MR) is 55.0 cm³/mol. The second kappa shape index (κ2) is 3.77. The first-order valence-electron chi connectivity index (χ1n) is 5.47. The molecular formula is C10H19N3O. The second-order valence-corrected chi connectivity index (χ2v) is 4.37. The largest absolute Gasteiger partial charge is 0.328 e. The highest BCUT2D eigenvalue weighted by Crippen LogP contribution is 2.27. The summed E-state index contributed by atoms with van der Waals surface area (Å²) in [6.07, 6.45) is 4.89. The Labute approximate surface area is 85.0 Å². The Morgan fingerprint density at radius 2 is 2.07 bits per heavy atom. The van der Waals surface area contributed by atoms with Crippen LogP contribution in [0.4, 0.5) is 4.79 Å². The van der Waals surface area contributed by atoms with E-state index in [1.54, 1.807) is 4.90 Å². The molecule has 2 rings (SSSR count). The van der Waals surface area contributed by atoms with Crippen molar-refractivity contribution in [2.75, 3.05) is 20.1 Å². The van der Waals surface area contributed by atoms with E-state index >= 15 is 0 Å². The molecule has 1 heterocycles. The number of hydrogen-bond acceptors (Lipinski definition) is 2. The molecule has 1 aliphatic carbocycles. The third-order valence-electron chi connectivity index (χ3n) is 3.54. The molecular weight excluding hydrogens is 178 g/mol. The van der Waals surface area contributed by atoms with Crippen molar-refractivity contribution in [1.29, 1.82) is 0 Å². The van der Waals surface area contributed by atoms with Gasteiger partial charge in [0, 0.05) is 26.2 Å². The Morgan fingerprint density at radius 1 is 1.43 bits per heavy atom. The third-order valence-corrected chi connectivity index (χ3v) is 3.54. The molecule has 0 aromatic heterocycles. The van der Waals surface area contributed by atoms with Gasteiger partial charge < -0.3 is 15.5 Å². The Bertz CT molecular complexity index is 225. The number of hydrogen-bond donors (Lipinski definition) is 1. The van der Waals surface area contributed by atoms with Crippen molar-refractivity contribution in [3.05, 3.63) is 0 Å². The number of amides is 2. The first-order chi connectivity index (χ1) is 6.74. The highest BCUT2D eigenvalue weighted by molar-refractivity contribution is 5.77. The van der Waals surface area contributed by atoms with Crippen molar-refractivity contribution in [3.63, 3.8) is 0 Å². The highest BCUT2D eigenvalue weighted by atomic mass is 16.2. The van der Waals surface area contributed by atoms with Crippen molar-refractivity contribution in [2.24, 2.45) is 5.73 Å². The van der Waals surface area contributed by atoms with Crippen LogP contribution >= 0.6 is 0 Å². The van der Waals surface area contributed by atoms with Gasteiger partial charge >= 0.3 is 6.03 Å². The van der Waals surface area contributed by atoms with E-state index in [4.69, 9.17) is 5.73 Å². The van der Waals surface area contributed by atoms with E-state index < -0.39 is 0 Å². The molecule has 2 fully saturated rings. The molecule has 0 aromatic rings. The van der Waals surface area contributed by atoms with Crippen LogP contribution in [0.1, 0.15) is 25.7 Å². The van der Waals surface area contributed by atoms with Crippen molar-refractivity contribution in [2.45, 2.75) is 37.8 Å². The van der Waals surface area contributed by atoms with Crippen LogP contribution in [0.2, 0.25) is 0 Å². The maximum atomic E-state index is 11.9. The van der Waals surface area contributed by atoms with Crippen molar-refractivity contribution < 1.29 is 4.79 Å². The lowest BCUT2D eigenvalue weighted by Crippen LogP contribution is -2.37. The van der Waals surface area contributed by atoms with Crippen LogP contribution in [0.25, 0.3) is 0 Å². The van der Waals surface area contributed by atoms with E-state index in [1.807, 2.05) is 11.9 Å².